The van der Waals surface area contributed by atoms with E-state index in [0.717, 1.165) is 12.1 Å². The Morgan fingerprint density at radius 1 is 1.33 bits per heavy atom. The minimum atomic E-state index is -3.55. The van der Waals surface area contributed by atoms with Gasteiger partial charge in [-0.3, -0.25) is 0 Å². The van der Waals surface area contributed by atoms with Crippen LogP contribution in [0.5, 0.6) is 0 Å². The maximum Gasteiger partial charge on any atom is 0.185 e. The van der Waals surface area contributed by atoms with Crippen molar-refractivity contribution in [1.82, 2.24) is 9.55 Å². The summed E-state index contributed by atoms with van der Waals surface area (Å²) < 4.78 is 38.3. The van der Waals surface area contributed by atoms with E-state index in [2.05, 4.69) is 4.98 Å². The molecule has 0 bridgehead atoms. The molecule has 0 aliphatic carbocycles. The molecule has 0 saturated heterocycles. The van der Waals surface area contributed by atoms with E-state index in [0.29, 0.717) is 11.0 Å². The first-order chi connectivity index (χ1) is 8.40. The second-order valence-electron chi connectivity index (χ2n) is 3.77. The fraction of sp³-hybridized carbons (Fsp3) is 0.182. The topological polar surface area (TPSA) is 52.0 Å². The van der Waals surface area contributed by atoms with Crippen LogP contribution < -0.4 is 0 Å². The zero-order chi connectivity index (χ0) is 13.3. The Morgan fingerprint density at radius 3 is 2.44 bits per heavy atom. The Kier molecular flexibility index (Phi) is 3.41. The molecule has 0 aliphatic heterocycles. The maximum absolute atomic E-state index is 12.7. The van der Waals surface area contributed by atoms with Crippen LogP contribution in [0.2, 0.25) is 5.15 Å². The van der Waals surface area contributed by atoms with Gasteiger partial charge in [0.25, 0.3) is 0 Å². The molecule has 4 nitrogen and oxygen atoms in total. The number of halogens is 2. The zero-order valence-corrected chi connectivity index (χ0v) is 11.0. The molecule has 0 fully saturated rings. The van der Waals surface area contributed by atoms with Crippen molar-refractivity contribution < 1.29 is 12.8 Å². The van der Waals surface area contributed by atoms with E-state index >= 15 is 0 Å². The molecule has 96 valence electrons. The SMILES string of the molecule is Cn1c(Cl)cnc1CS(=O)(=O)c1ccc(F)cc1. The summed E-state index contributed by atoms with van der Waals surface area (Å²) in [4.78, 5) is 3.98. The van der Waals surface area contributed by atoms with Gasteiger partial charge < -0.3 is 4.57 Å². The lowest BCUT2D eigenvalue weighted by Gasteiger charge is -2.05. The fourth-order valence-corrected chi connectivity index (χ4v) is 2.93. The van der Waals surface area contributed by atoms with Crippen LogP contribution in [-0.4, -0.2) is 18.0 Å². The second-order valence-corrected chi connectivity index (χ2v) is 6.15. The van der Waals surface area contributed by atoms with Gasteiger partial charge in [-0.1, -0.05) is 11.6 Å². The Morgan fingerprint density at radius 2 is 1.94 bits per heavy atom. The molecular weight excluding hydrogens is 279 g/mol. The Hall–Kier alpha value is -1.40. The molecule has 1 aromatic heterocycles. The van der Waals surface area contributed by atoms with Crippen molar-refractivity contribution in [3.05, 3.63) is 47.3 Å². The standard InChI is InChI=1S/C11H10ClFN2O2S/c1-15-10(12)6-14-11(15)7-18(16,17)9-4-2-8(13)3-5-9/h2-6H,7H2,1H3. The first kappa shape index (κ1) is 13.0. The summed E-state index contributed by atoms with van der Waals surface area (Å²) in [6.07, 6.45) is 1.39. The van der Waals surface area contributed by atoms with Crippen molar-refractivity contribution in [2.75, 3.05) is 0 Å². The molecule has 2 rings (SSSR count). The van der Waals surface area contributed by atoms with Crippen LogP contribution in [0.3, 0.4) is 0 Å². The zero-order valence-electron chi connectivity index (χ0n) is 9.47. The number of imidazole rings is 1. The third-order valence-electron chi connectivity index (χ3n) is 2.52. The molecule has 0 amide bonds. The molecule has 0 N–H and O–H groups in total. The molecule has 2 aromatic rings. The summed E-state index contributed by atoms with van der Waals surface area (Å²) in [5, 5.41) is 0.360. The van der Waals surface area contributed by atoms with Gasteiger partial charge >= 0.3 is 0 Å². The van der Waals surface area contributed by atoms with E-state index < -0.39 is 15.7 Å². The molecule has 0 radical (unpaired) electrons. The molecule has 0 atom stereocenters. The van der Waals surface area contributed by atoms with Crippen molar-refractivity contribution >= 4 is 21.4 Å². The average Bonchev–Trinajstić information content (AvgIpc) is 2.61. The lowest BCUT2D eigenvalue weighted by Crippen LogP contribution is -2.09. The summed E-state index contributed by atoms with van der Waals surface area (Å²) in [7, 11) is -1.92. The normalized spacial score (nSPS) is 11.7. The van der Waals surface area contributed by atoms with E-state index in [4.69, 9.17) is 11.6 Å². The number of sulfone groups is 1. The maximum atomic E-state index is 12.7. The van der Waals surface area contributed by atoms with E-state index in [1.54, 1.807) is 7.05 Å². The van der Waals surface area contributed by atoms with Gasteiger partial charge in [0.1, 0.15) is 22.5 Å². The molecule has 18 heavy (non-hydrogen) atoms. The Labute approximate surface area is 109 Å². The van der Waals surface area contributed by atoms with E-state index in [9.17, 15) is 12.8 Å². The van der Waals surface area contributed by atoms with E-state index in [1.807, 2.05) is 0 Å². The van der Waals surface area contributed by atoms with Crippen LogP contribution >= 0.6 is 11.6 Å². The Bertz CT molecular complexity index is 665. The van der Waals surface area contributed by atoms with Crippen LogP contribution in [-0.2, 0) is 22.6 Å². The minimum Gasteiger partial charge on any atom is -0.321 e. The lowest BCUT2D eigenvalue weighted by atomic mass is 10.4. The molecule has 0 saturated carbocycles. The number of hydrogen-bond acceptors (Lipinski definition) is 3. The van der Waals surface area contributed by atoms with Crippen LogP contribution in [0.25, 0.3) is 0 Å². The number of aromatic nitrogens is 2. The van der Waals surface area contributed by atoms with Gasteiger partial charge in [-0.25, -0.2) is 17.8 Å². The smallest absolute Gasteiger partial charge is 0.185 e. The first-order valence-electron chi connectivity index (χ1n) is 5.04. The highest BCUT2D eigenvalue weighted by Gasteiger charge is 2.18. The van der Waals surface area contributed by atoms with Crippen molar-refractivity contribution in [1.29, 1.82) is 0 Å². The minimum absolute atomic E-state index is 0.0584. The molecule has 0 unspecified atom stereocenters. The van der Waals surface area contributed by atoms with Crippen molar-refractivity contribution in [3.63, 3.8) is 0 Å². The molecular formula is C11H10ClFN2O2S. The van der Waals surface area contributed by atoms with Gasteiger partial charge in [0.15, 0.2) is 9.84 Å². The van der Waals surface area contributed by atoms with Gasteiger partial charge in [0.2, 0.25) is 0 Å². The van der Waals surface area contributed by atoms with Crippen LogP contribution in [0, 0.1) is 5.82 Å². The molecule has 0 aliphatic rings. The van der Waals surface area contributed by atoms with Crippen molar-refractivity contribution in [2.24, 2.45) is 7.05 Å². The number of rotatable bonds is 3. The fourth-order valence-electron chi connectivity index (χ4n) is 1.45. The van der Waals surface area contributed by atoms with E-state index in [1.165, 1.54) is 22.9 Å². The van der Waals surface area contributed by atoms with Gasteiger partial charge in [-0.05, 0) is 24.3 Å². The van der Waals surface area contributed by atoms with E-state index in [-0.39, 0.29) is 10.6 Å². The highest BCUT2D eigenvalue weighted by molar-refractivity contribution is 7.90. The third-order valence-corrected chi connectivity index (χ3v) is 4.50. The largest absolute Gasteiger partial charge is 0.321 e. The molecule has 7 heteroatoms. The number of nitrogens with zero attached hydrogens (tertiary/aromatic N) is 2. The lowest BCUT2D eigenvalue weighted by molar-refractivity contribution is 0.591. The van der Waals surface area contributed by atoms with Crippen LogP contribution in [0.4, 0.5) is 4.39 Å². The predicted molar refractivity (Wildman–Crippen MR) is 65.5 cm³/mol. The predicted octanol–water partition coefficient (Wildman–Crippen LogP) is 2.19. The van der Waals surface area contributed by atoms with Gasteiger partial charge in [0.05, 0.1) is 11.1 Å². The van der Waals surface area contributed by atoms with Crippen molar-refractivity contribution in [3.8, 4) is 0 Å². The molecule has 1 aromatic carbocycles. The second kappa shape index (κ2) is 4.70. The highest BCUT2D eigenvalue weighted by Crippen LogP contribution is 2.18. The van der Waals surface area contributed by atoms with Gasteiger partial charge in [-0.2, -0.15) is 0 Å². The first-order valence-corrected chi connectivity index (χ1v) is 7.07. The van der Waals surface area contributed by atoms with Crippen LogP contribution in [0.1, 0.15) is 5.82 Å². The number of hydrogen-bond donors (Lipinski definition) is 0. The average molecular weight is 289 g/mol. The van der Waals surface area contributed by atoms with Crippen molar-refractivity contribution in [2.45, 2.75) is 10.6 Å². The summed E-state index contributed by atoms with van der Waals surface area (Å²) in [5.74, 6) is -0.416. The molecule has 1 heterocycles. The Balaban J connectivity index is 2.33. The third kappa shape index (κ3) is 2.54. The van der Waals surface area contributed by atoms with Crippen LogP contribution in [0.15, 0.2) is 35.4 Å². The summed E-state index contributed by atoms with van der Waals surface area (Å²) >= 11 is 5.78. The number of benzene rings is 1. The summed E-state index contributed by atoms with van der Waals surface area (Å²) in [6.45, 7) is 0. The monoisotopic (exact) mass is 288 g/mol. The van der Waals surface area contributed by atoms with Gasteiger partial charge in [0, 0.05) is 7.05 Å². The molecule has 0 spiro atoms. The summed E-state index contributed by atoms with van der Waals surface area (Å²) in [5.41, 5.74) is 0. The highest BCUT2D eigenvalue weighted by atomic mass is 35.5. The quantitative estimate of drug-likeness (QED) is 0.814. The van der Waals surface area contributed by atoms with Gasteiger partial charge in [-0.15, -0.1) is 0 Å². The summed E-state index contributed by atoms with van der Waals surface area (Å²) in [6, 6.07) is 4.68.